The number of rotatable bonds is 3. The minimum atomic E-state index is 0. The highest BCUT2D eigenvalue weighted by Gasteiger charge is 2.42. The van der Waals surface area contributed by atoms with Crippen LogP contribution in [0.4, 0.5) is 0 Å². The fourth-order valence-corrected chi connectivity index (χ4v) is 0.819. The minimum absolute atomic E-state index is 0. The van der Waals surface area contributed by atoms with Crippen LogP contribution in [0.5, 0.6) is 0 Å². The molecule has 0 aromatic rings. The molecule has 0 aliphatic heterocycles. The SMILES string of the molecule is CCC1(OC=N)CC1.Cl. The lowest BCUT2D eigenvalue weighted by atomic mass is 10.3. The summed E-state index contributed by atoms with van der Waals surface area (Å²) in [6.07, 6.45) is 4.37. The Balaban J connectivity index is 0.000000640. The average molecular weight is 150 g/mol. The van der Waals surface area contributed by atoms with Crippen LogP contribution in [0.15, 0.2) is 0 Å². The van der Waals surface area contributed by atoms with Crippen molar-refractivity contribution in [2.75, 3.05) is 0 Å². The van der Waals surface area contributed by atoms with Gasteiger partial charge in [-0.25, -0.2) is 0 Å². The maximum Gasteiger partial charge on any atom is 0.167 e. The molecule has 3 heteroatoms. The van der Waals surface area contributed by atoms with Crippen LogP contribution in [-0.2, 0) is 4.74 Å². The first-order chi connectivity index (χ1) is 3.83. The Bertz CT molecular complexity index is 101. The van der Waals surface area contributed by atoms with Crippen LogP contribution in [0.2, 0.25) is 0 Å². The Kier molecular flexibility index (Phi) is 2.98. The Morgan fingerprint density at radius 3 is 2.33 bits per heavy atom. The second-order valence-electron chi connectivity index (χ2n) is 2.27. The predicted octanol–water partition coefficient (Wildman–Crippen LogP) is 1.97. The maximum atomic E-state index is 6.65. The van der Waals surface area contributed by atoms with Crippen LogP contribution < -0.4 is 0 Å². The van der Waals surface area contributed by atoms with E-state index in [-0.39, 0.29) is 18.0 Å². The first-order valence-electron chi connectivity index (χ1n) is 3.00. The maximum absolute atomic E-state index is 6.65. The van der Waals surface area contributed by atoms with Crippen molar-refractivity contribution in [3.05, 3.63) is 0 Å². The molecule has 0 saturated heterocycles. The predicted molar refractivity (Wildman–Crippen MR) is 39.4 cm³/mol. The van der Waals surface area contributed by atoms with Gasteiger partial charge in [-0.15, -0.1) is 12.4 Å². The quantitative estimate of drug-likeness (QED) is 0.483. The van der Waals surface area contributed by atoms with Crippen molar-refractivity contribution in [3.63, 3.8) is 0 Å². The van der Waals surface area contributed by atoms with Crippen LogP contribution in [0, 0.1) is 5.41 Å². The zero-order valence-corrected chi connectivity index (χ0v) is 6.33. The lowest BCUT2D eigenvalue weighted by Crippen LogP contribution is -2.09. The van der Waals surface area contributed by atoms with Crippen LogP contribution in [0.1, 0.15) is 26.2 Å². The van der Waals surface area contributed by atoms with Crippen LogP contribution >= 0.6 is 12.4 Å². The van der Waals surface area contributed by atoms with E-state index in [0.717, 1.165) is 25.7 Å². The van der Waals surface area contributed by atoms with Gasteiger partial charge in [-0.3, -0.25) is 5.41 Å². The summed E-state index contributed by atoms with van der Waals surface area (Å²) in [4.78, 5) is 0. The van der Waals surface area contributed by atoms with Gasteiger partial charge in [-0.2, -0.15) is 0 Å². The summed E-state index contributed by atoms with van der Waals surface area (Å²) in [5.74, 6) is 0. The van der Waals surface area contributed by atoms with Crippen molar-refractivity contribution in [2.24, 2.45) is 0 Å². The Morgan fingerprint density at radius 2 is 2.22 bits per heavy atom. The van der Waals surface area contributed by atoms with Gasteiger partial charge in [0.25, 0.3) is 0 Å². The van der Waals surface area contributed by atoms with E-state index in [1.165, 1.54) is 0 Å². The molecule has 54 valence electrons. The molecule has 0 heterocycles. The molecular weight excluding hydrogens is 138 g/mol. The second-order valence-corrected chi connectivity index (χ2v) is 2.27. The highest BCUT2D eigenvalue weighted by molar-refractivity contribution is 5.85. The summed E-state index contributed by atoms with van der Waals surface area (Å²) in [6, 6.07) is 0. The Labute approximate surface area is 61.5 Å². The molecule has 1 N–H and O–H groups in total. The summed E-state index contributed by atoms with van der Waals surface area (Å²) in [5, 5.41) is 6.65. The number of nitrogens with one attached hydrogen (secondary N) is 1. The summed E-state index contributed by atoms with van der Waals surface area (Å²) in [6.45, 7) is 2.09. The van der Waals surface area contributed by atoms with E-state index in [1.807, 2.05) is 0 Å². The van der Waals surface area contributed by atoms with Gasteiger partial charge in [-0.05, 0) is 19.3 Å². The lowest BCUT2D eigenvalue weighted by molar-refractivity contribution is 0.170. The van der Waals surface area contributed by atoms with E-state index in [2.05, 4.69) is 6.92 Å². The highest BCUT2D eigenvalue weighted by Crippen LogP contribution is 2.41. The van der Waals surface area contributed by atoms with E-state index < -0.39 is 0 Å². The molecule has 1 fully saturated rings. The van der Waals surface area contributed by atoms with Crippen molar-refractivity contribution in [3.8, 4) is 0 Å². The third-order valence-electron chi connectivity index (χ3n) is 1.76. The van der Waals surface area contributed by atoms with Crippen molar-refractivity contribution >= 4 is 18.8 Å². The van der Waals surface area contributed by atoms with E-state index >= 15 is 0 Å². The summed E-state index contributed by atoms with van der Waals surface area (Å²) in [7, 11) is 0. The standard InChI is InChI=1S/C6H11NO.ClH/c1-2-6(3-4-6)8-5-7;/h5,7H,2-4H2,1H3;1H. The molecule has 0 amide bonds. The molecule has 9 heavy (non-hydrogen) atoms. The molecule has 1 aliphatic rings. The number of hydrogen-bond donors (Lipinski definition) is 1. The highest BCUT2D eigenvalue weighted by atomic mass is 35.5. The molecule has 0 aromatic heterocycles. The van der Waals surface area contributed by atoms with Gasteiger partial charge in [-0.1, -0.05) is 6.92 Å². The molecule has 1 aliphatic carbocycles. The third-order valence-corrected chi connectivity index (χ3v) is 1.76. The summed E-state index contributed by atoms with van der Waals surface area (Å²) in [5.41, 5.74) is 0.0990. The smallest absolute Gasteiger partial charge is 0.167 e. The van der Waals surface area contributed by atoms with Crippen LogP contribution in [-0.4, -0.2) is 12.0 Å². The normalized spacial score (nSPS) is 19.7. The molecule has 1 saturated carbocycles. The molecule has 0 radical (unpaired) electrons. The Morgan fingerprint density at radius 1 is 1.67 bits per heavy atom. The first-order valence-corrected chi connectivity index (χ1v) is 3.00. The Hall–Kier alpha value is -0.240. The van der Waals surface area contributed by atoms with Crippen LogP contribution in [0.25, 0.3) is 0 Å². The van der Waals surface area contributed by atoms with Crippen molar-refractivity contribution in [2.45, 2.75) is 31.8 Å². The minimum Gasteiger partial charge on any atom is -0.477 e. The molecule has 0 aromatic carbocycles. The van der Waals surface area contributed by atoms with E-state index in [0.29, 0.717) is 0 Å². The molecule has 0 bridgehead atoms. The fourth-order valence-electron chi connectivity index (χ4n) is 0.819. The number of hydrogen-bond acceptors (Lipinski definition) is 2. The molecule has 1 rings (SSSR count). The van der Waals surface area contributed by atoms with Gasteiger partial charge in [0.15, 0.2) is 6.40 Å². The van der Waals surface area contributed by atoms with Gasteiger partial charge in [0.2, 0.25) is 0 Å². The topological polar surface area (TPSA) is 33.1 Å². The van der Waals surface area contributed by atoms with E-state index in [1.54, 1.807) is 0 Å². The third kappa shape index (κ3) is 1.86. The van der Waals surface area contributed by atoms with Gasteiger partial charge in [0.1, 0.15) is 5.60 Å². The largest absolute Gasteiger partial charge is 0.477 e. The molecule has 0 atom stereocenters. The number of ether oxygens (including phenoxy) is 1. The monoisotopic (exact) mass is 149 g/mol. The summed E-state index contributed by atoms with van der Waals surface area (Å²) >= 11 is 0. The van der Waals surface area contributed by atoms with E-state index in [4.69, 9.17) is 10.1 Å². The van der Waals surface area contributed by atoms with Crippen molar-refractivity contribution in [1.29, 1.82) is 5.41 Å². The van der Waals surface area contributed by atoms with Gasteiger partial charge < -0.3 is 4.74 Å². The molecule has 0 unspecified atom stereocenters. The lowest BCUT2D eigenvalue weighted by Gasteiger charge is -2.08. The van der Waals surface area contributed by atoms with Gasteiger partial charge in [0.05, 0.1) is 0 Å². The van der Waals surface area contributed by atoms with Crippen LogP contribution in [0.3, 0.4) is 0 Å². The van der Waals surface area contributed by atoms with Crippen molar-refractivity contribution in [1.82, 2.24) is 0 Å². The summed E-state index contributed by atoms with van der Waals surface area (Å²) < 4.78 is 5.03. The molecule has 0 spiro atoms. The molecule has 2 nitrogen and oxygen atoms in total. The van der Waals surface area contributed by atoms with Crippen molar-refractivity contribution < 1.29 is 4.74 Å². The molecular formula is C6H12ClNO. The van der Waals surface area contributed by atoms with Gasteiger partial charge in [0, 0.05) is 0 Å². The second kappa shape index (κ2) is 3.06. The van der Waals surface area contributed by atoms with Gasteiger partial charge >= 0.3 is 0 Å². The average Bonchev–Trinajstić information content (AvgIpc) is 2.50. The van der Waals surface area contributed by atoms with E-state index in [9.17, 15) is 0 Å². The number of halogens is 1. The first kappa shape index (κ1) is 8.76. The fraction of sp³-hybridized carbons (Fsp3) is 0.833. The zero-order valence-electron chi connectivity index (χ0n) is 5.52. The zero-order chi connectivity index (χ0) is 6.04.